The standard InChI is InChI=1S/C14H16F3N5OS/c1-3-22-11(6-7-18-9(2)23)20-21-13(22)24-12-5-4-10(8-19-12)14(15,16)17/h4-5,8H,3,6-7H2,1-2H3,(H,18,23). The van der Waals surface area contributed by atoms with Gasteiger partial charge in [-0.25, -0.2) is 4.98 Å². The highest BCUT2D eigenvalue weighted by Crippen LogP contribution is 2.31. The summed E-state index contributed by atoms with van der Waals surface area (Å²) in [6.07, 6.45) is -3.09. The summed E-state index contributed by atoms with van der Waals surface area (Å²) in [5.41, 5.74) is -0.792. The van der Waals surface area contributed by atoms with Crippen LogP contribution in [-0.2, 0) is 23.9 Å². The molecule has 0 unspecified atom stereocenters. The Bertz CT molecular complexity index is 699. The number of nitrogens with zero attached hydrogens (tertiary/aromatic N) is 4. The molecule has 2 aromatic rings. The highest BCUT2D eigenvalue weighted by Gasteiger charge is 2.30. The first-order valence-electron chi connectivity index (χ1n) is 7.19. The zero-order chi connectivity index (χ0) is 17.7. The van der Waals surface area contributed by atoms with E-state index in [1.54, 1.807) is 0 Å². The molecule has 0 fully saturated rings. The van der Waals surface area contributed by atoms with Crippen molar-refractivity contribution in [2.24, 2.45) is 0 Å². The molecule has 0 aromatic carbocycles. The molecule has 0 aliphatic heterocycles. The number of alkyl halides is 3. The zero-order valence-electron chi connectivity index (χ0n) is 13.1. The third-order valence-corrected chi connectivity index (χ3v) is 4.03. The Kier molecular flexibility index (Phi) is 5.81. The fourth-order valence-electron chi connectivity index (χ4n) is 1.95. The van der Waals surface area contributed by atoms with Crippen molar-refractivity contribution in [1.29, 1.82) is 0 Å². The van der Waals surface area contributed by atoms with E-state index in [2.05, 4.69) is 20.5 Å². The minimum atomic E-state index is -4.41. The van der Waals surface area contributed by atoms with Crippen molar-refractivity contribution in [1.82, 2.24) is 25.1 Å². The Morgan fingerprint density at radius 1 is 1.33 bits per heavy atom. The summed E-state index contributed by atoms with van der Waals surface area (Å²) in [5, 5.41) is 11.7. The maximum Gasteiger partial charge on any atom is 0.417 e. The molecular weight excluding hydrogens is 343 g/mol. The molecule has 0 spiro atoms. The molecule has 0 saturated heterocycles. The second-order valence-electron chi connectivity index (χ2n) is 4.86. The van der Waals surface area contributed by atoms with Gasteiger partial charge in [-0.1, -0.05) is 0 Å². The molecule has 1 amide bonds. The lowest BCUT2D eigenvalue weighted by Crippen LogP contribution is -2.23. The molecule has 0 radical (unpaired) electrons. The van der Waals surface area contributed by atoms with E-state index >= 15 is 0 Å². The van der Waals surface area contributed by atoms with Gasteiger partial charge in [-0.3, -0.25) is 4.79 Å². The first kappa shape index (κ1) is 18.2. The van der Waals surface area contributed by atoms with Crippen molar-refractivity contribution < 1.29 is 18.0 Å². The number of rotatable bonds is 6. The monoisotopic (exact) mass is 359 g/mol. The quantitative estimate of drug-likeness (QED) is 0.858. The van der Waals surface area contributed by atoms with Crippen LogP contribution < -0.4 is 5.32 Å². The van der Waals surface area contributed by atoms with E-state index in [1.807, 2.05) is 11.5 Å². The smallest absolute Gasteiger partial charge is 0.356 e. The predicted molar refractivity (Wildman–Crippen MR) is 81.4 cm³/mol. The highest BCUT2D eigenvalue weighted by atomic mass is 32.2. The number of nitrogens with one attached hydrogen (secondary N) is 1. The first-order chi connectivity index (χ1) is 11.3. The summed E-state index contributed by atoms with van der Waals surface area (Å²) in [6, 6.07) is 2.29. The minimum absolute atomic E-state index is 0.124. The molecule has 1 N–H and O–H groups in total. The summed E-state index contributed by atoms with van der Waals surface area (Å²) in [4.78, 5) is 14.7. The van der Waals surface area contributed by atoms with Gasteiger partial charge in [0, 0.05) is 32.6 Å². The zero-order valence-corrected chi connectivity index (χ0v) is 13.9. The second kappa shape index (κ2) is 7.65. The molecular formula is C14H16F3N5OS. The van der Waals surface area contributed by atoms with Crippen LogP contribution in [0.2, 0.25) is 0 Å². The molecule has 2 heterocycles. The molecule has 6 nitrogen and oxygen atoms in total. The fraction of sp³-hybridized carbons (Fsp3) is 0.429. The molecule has 130 valence electrons. The van der Waals surface area contributed by atoms with E-state index in [4.69, 9.17) is 0 Å². The number of carbonyl (C=O) groups excluding carboxylic acids is 1. The number of pyridine rings is 1. The third kappa shape index (κ3) is 4.70. The molecule has 0 aliphatic carbocycles. The second-order valence-corrected chi connectivity index (χ2v) is 5.85. The van der Waals surface area contributed by atoms with Crippen LogP contribution >= 0.6 is 11.8 Å². The van der Waals surface area contributed by atoms with Crippen LogP contribution in [-0.4, -0.2) is 32.2 Å². The Morgan fingerprint density at radius 3 is 2.62 bits per heavy atom. The van der Waals surface area contributed by atoms with Gasteiger partial charge in [0.1, 0.15) is 10.9 Å². The van der Waals surface area contributed by atoms with Crippen molar-refractivity contribution in [2.45, 2.75) is 43.2 Å². The summed E-state index contributed by atoms with van der Waals surface area (Å²) in [5.74, 6) is 0.571. The summed E-state index contributed by atoms with van der Waals surface area (Å²) < 4.78 is 39.5. The topological polar surface area (TPSA) is 72.7 Å². The van der Waals surface area contributed by atoms with Crippen molar-refractivity contribution in [3.8, 4) is 0 Å². The maximum atomic E-state index is 12.5. The minimum Gasteiger partial charge on any atom is -0.356 e. The molecule has 0 atom stereocenters. The number of hydrogen-bond donors (Lipinski definition) is 1. The van der Waals surface area contributed by atoms with E-state index in [-0.39, 0.29) is 5.91 Å². The van der Waals surface area contributed by atoms with Crippen LogP contribution in [0.3, 0.4) is 0 Å². The third-order valence-electron chi connectivity index (χ3n) is 3.09. The van der Waals surface area contributed by atoms with Gasteiger partial charge in [0.25, 0.3) is 0 Å². The highest BCUT2D eigenvalue weighted by molar-refractivity contribution is 7.99. The summed E-state index contributed by atoms with van der Waals surface area (Å²) >= 11 is 1.14. The molecule has 24 heavy (non-hydrogen) atoms. The number of halogens is 3. The van der Waals surface area contributed by atoms with Crippen LogP contribution in [0.25, 0.3) is 0 Å². The largest absolute Gasteiger partial charge is 0.417 e. The van der Waals surface area contributed by atoms with E-state index in [0.29, 0.717) is 35.5 Å². The van der Waals surface area contributed by atoms with Crippen molar-refractivity contribution >= 4 is 17.7 Å². The van der Waals surface area contributed by atoms with Crippen LogP contribution in [0.15, 0.2) is 28.5 Å². The lowest BCUT2D eigenvalue weighted by molar-refractivity contribution is -0.137. The normalized spacial score (nSPS) is 11.5. The molecule has 2 aromatic heterocycles. The van der Waals surface area contributed by atoms with Gasteiger partial charge < -0.3 is 9.88 Å². The lowest BCUT2D eigenvalue weighted by Gasteiger charge is -2.08. The number of carbonyl (C=O) groups is 1. The van der Waals surface area contributed by atoms with E-state index in [9.17, 15) is 18.0 Å². The van der Waals surface area contributed by atoms with Gasteiger partial charge in [-0.15, -0.1) is 10.2 Å². The Hall–Kier alpha value is -2.10. The Balaban J connectivity index is 2.09. The van der Waals surface area contributed by atoms with Gasteiger partial charge in [-0.2, -0.15) is 13.2 Å². The Morgan fingerprint density at radius 2 is 2.08 bits per heavy atom. The number of amides is 1. The van der Waals surface area contributed by atoms with E-state index in [0.717, 1.165) is 24.0 Å². The van der Waals surface area contributed by atoms with Crippen LogP contribution in [0, 0.1) is 0 Å². The van der Waals surface area contributed by atoms with Crippen molar-refractivity contribution in [3.63, 3.8) is 0 Å². The first-order valence-corrected chi connectivity index (χ1v) is 8.00. The number of aromatic nitrogens is 4. The number of hydrogen-bond acceptors (Lipinski definition) is 5. The predicted octanol–water partition coefficient (Wildman–Crippen LogP) is 2.54. The maximum absolute atomic E-state index is 12.5. The van der Waals surface area contributed by atoms with Gasteiger partial charge >= 0.3 is 6.18 Å². The lowest BCUT2D eigenvalue weighted by atomic mass is 10.3. The van der Waals surface area contributed by atoms with Crippen molar-refractivity contribution in [2.75, 3.05) is 6.54 Å². The SMILES string of the molecule is CCn1c(CCNC(C)=O)nnc1Sc1ccc(C(F)(F)F)cn1. The summed E-state index contributed by atoms with van der Waals surface area (Å²) in [6.45, 7) is 4.39. The van der Waals surface area contributed by atoms with Gasteiger partial charge in [0.05, 0.1) is 5.56 Å². The molecule has 2 rings (SSSR count). The van der Waals surface area contributed by atoms with Crippen LogP contribution in [0.4, 0.5) is 13.2 Å². The fourth-order valence-corrected chi connectivity index (χ4v) is 2.80. The average molecular weight is 359 g/mol. The van der Waals surface area contributed by atoms with Crippen molar-refractivity contribution in [3.05, 3.63) is 29.7 Å². The van der Waals surface area contributed by atoms with Gasteiger partial charge in [-0.05, 0) is 30.8 Å². The molecule has 0 saturated carbocycles. The van der Waals surface area contributed by atoms with Gasteiger partial charge in [0.15, 0.2) is 5.16 Å². The van der Waals surface area contributed by atoms with E-state index < -0.39 is 11.7 Å². The van der Waals surface area contributed by atoms with Crippen LogP contribution in [0.1, 0.15) is 25.2 Å². The molecule has 0 bridgehead atoms. The molecule has 0 aliphatic rings. The van der Waals surface area contributed by atoms with Gasteiger partial charge in [0.2, 0.25) is 5.91 Å². The Labute approximate surface area is 140 Å². The summed E-state index contributed by atoms with van der Waals surface area (Å²) in [7, 11) is 0. The molecule has 10 heteroatoms. The van der Waals surface area contributed by atoms with Crippen LogP contribution in [0.5, 0.6) is 0 Å². The van der Waals surface area contributed by atoms with E-state index in [1.165, 1.54) is 13.0 Å². The average Bonchev–Trinajstić information content (AvgIpc) is 2.88.